The lowest BCUT2D eigenvalue weighted by molar-refractivity contribution is -0.275. The van der Waals surface area contributed by atoms with Gasteiger partial charge in [-0.3, -0.25) is 0 Å². The van der Waals surface area contributed by atoms with Crippen LogP contribution in [-0.4, -0.2) is 6.36 Å². The maximum Gasteiger partial charge on any atom is 0.573 e. The van der Waals surface area contributed by atoms with Crippen molar-refractivity contribution in [1.82, 2.24) is 0 Å². The van der Waals surface area contributed by atoms with Crippen molar-refractivity contribution in [3.05, 3.63) is 22.4 Å². The van der Waals surface area contributed by atoms with Gasteiger partial charge in [0.15, 0.2) is 11.6 Å². The van der Waals surface area contributed by atoms with Crippen LogP contribution in [0.3, 0.4) is 0 Å². The number of nitrogens with two attached hydrogens (primary N) is 1. The Hall–Kier alpha value is -0.980. The molecular weight excluding hydrogens is 270 g/mol. The second-order valence-corrected chi connectivity index (χ2v) is 3.21. The maximum atomic E-state index is 12.8. The minimum atomic E-state index is -4.92. The minimum Gasteiger partial charge on any atom is -0.403 e. The summed E-state index contributed by atoms with van der Waals surface area (Å²) in [6.45, 7) is 0. The molecule has 7 heteroatoms. The Morgan fingerprint density at radius 1 is 1.29 bits per heavy atom. The lowest BCUT2D eigenvalue weighted by Gasteiger charge is -2.10. The second kappa shape index (κ2) is 3.64. The van der Waals surface area contributed by atoms with Gasteiger partial charge in [-0.2, -0.15) is 0 Å². The first kappa shape index (κ1) is 11.1. The van der Waals surface area contributed by atoms with Gasteiger partial charge in [0.2, 0.25) is 0 Å². The molecule has 14 heavy (non-hydrogen) atoms. The summed E-state index contributed by atoms with van der Waals surface area (Å²) in [7, 11) is 0. The van der Waals surface area contributed by atoms with Crippen molar-refractivity contribution in [2.45, 2.75) is 6.36 Å². The molecule has 0 aliphatic carbocycles. The number of hydrogen-bond acceptors (Lipinski definition) is 2. The lowest BCUT2D eigenvalue weighted by atomic mass is 10.3. The predicted octanol–water partition coefficient (Wildman–Crippen LogP) is 3.07. The summed E-state index contributed by atoms with van der Waals surface area (Å²) >= 11 is 2.85. The summed E-state index contributed by atoms with van der Waals surface area (Å²) in [4.78, 5) is 0. The third-order valence-electron chi connectivity index (χ3n) is 1.28. The lowest BCUT2D eigenvalue weighted by Crippen LogP contribution is -2.18. The molecule has 78 valence electrons. The van der Waals surface area contributed by atoms with Crippen molar-refractivity contribution in [2.24, 2.45) is 0 Å². The molecule has 1 rings (SSSR count). The zero-order valence-corrected chi connectivity index (χ0v) is 8.12. The molecule has 0 fully saturated rings. The van der Waals surface area contributed by atoms with Crippen LogP contribution in [0.15, 0.2) is 16.6 Å². The fourth-order valence-electron chi connectivity index (χ4n) is 0.747. The highest BCUT2D eigenvalue weighted by atomic mass is 79.9. The number of ether oxygens (including phenoxy) is 1. The third-order valence-corrected chi connectivity index (χ3v) is 1.96. The first-order valence-electron chi connectivity index (χ1n) is 3.30. The molecule has 0 heterocycles. The van der Waals surface area contributed by atoms with Crippen LogP contribution in [0.4, 0.5) is 23.2 Å². The quantitative estimate of drug-likeness (QED) is 0.631. The number of hydrogen-bond donors (Lipinski definition) is 1. The smallest absolute Gasteiger partial charge is 0.403 e. The fourth-order valence-corrected chi connectivity index (χ4v) is 1.07. The van der Waals surface area contributed by atoms with Crippen LogP contribution in [0, 0.1) is 5.82 Å². The summed E-state index contributed by atoms with van der Waals surface area (Å²) in [5.74, 6) is -2.08. The van der Waals surface area contributed by atoms with Gasteiger partial charge in [0, 0.05) is 16.2 Å². The van der Waals surface area contributed by atoms with Crippen molar-refractivity contribution < 1.29 is 22.3 Å². The van der Waals surface area contributed by atoms with E-state index in [1.807, 2.05) is 0 Å². The van der Waals surface area contributed by atoms with Gasteiger partial charge < -0.3 is 10.5 Å². The highest BCUT2D eigenvalue weighted by Crippen LogP contribution is 2.31. The van der Waals surface area contributed by atoms with E-state index in [-0.39, 0.29) is 10.2 Å². The Kier molecular flexibility index (Phi) is 2.89. The van der Waals surface area contributed by atoms with Gasteiger partial charge in [0.25, 0.3) is 0 Å². The van der Waals surface area contributed by atoms with E-state index in [2.05, 4.69) is 20.7 Å². The Bertz CT molecular complexity index is 352. The van der Waals surface area contributed by atoms with Crippen molar-refractivity contribution in [3.8, 4) is 5.75 Å². The average Bonchev–Trinajstić information content (AvgIpc) is 1.97. The van der Waals surface area contributed by atoms with Crippen LogP contribution in [0.2, 0.25) is 0 Å². The zero-order valence-electron chi connectivity index (χ0n) is 6.53. The summed E-state index contributed by atoms with van der Waals surface area (Å²) < 4.78 is 51.5. The molecule has 0 aliphatic rings. The van der Waals surface area contributed by atoms with Crippen LogP contribution in [0.1, 0.15) is 0 Å². The normalized spacial score (nSPS) is 11.5. The predicted molar refractivity (Wildman–Crippen MR) is 45.2 cm³/mol. The van der Waals surface area contributed by atoms with Gasteiger partial charge >= 0.3 is 6.36 Å². The molecule has 0 radical (unpaired) electrons. The number of rotatable bonds is 1. The van der Waals surface area contributed by atoms with E-state index < -0.39 is 17.9 Å². The SMILES string of the molecule is Nc1cc(F)c(OC(F)(F)F)cc1Br. The summed E-state index contributed by atoms with van der Waals surface area (Å²) in [5.41, 5.74) is 5.23. The molecular formula is C7H4BrF4NO. The van der Waals surface area contributed by atoms with Gasteiger partial charge in [-0.1, -0.05) is 0 Å². The molecule has 0 unspecified atom stereocenters. The largest absolute Gasteiger partial charge is 0.573 e. The van der Waals surface area contributed by atoms with Gasteiger partial charge in [-0.25, -0.2) is 4.39 Å². The van der Waals surface area contributed by atoms with Crippen LogP contribution in [0.25, 0.3) is 0 Å². The first-order valence-corrected chi connectivity index (χ1v) is 4.09. The average molecular weight is 274 g/mol. The maximum absolute atomic E-state index is 12.8. The Morgan fingerprint density at radius 3 is 2.36 bits per heavy atom. The summed E-state index contributed by atoms with van der Waals surface area (Å²) in [5, 5.41) is 0. The molecule has 1 aromatic carbocycles. The number of alkyl halides is 3. The zero-order chi connectivity index (χ0) is 10.9. The van der Waals surface area contributed by atoms with Crippen LogP contribution in [0.5, 0.6) is 5.75 Å². The molecule has 0 spiro atoms. The van der Waals surface area contributed by atoms with Crippen LogP contribution >= 0.6 is 15.9 Å². The van der Waals surface area contributed by atoms with E-state index >= 15 is 0 Å². The fraction of sp³-hybridized carbons (Fsp3) is 0.143. The molecule has 0 saturated heterocycles. The summed E-state index contributed by atoms with van der Waals surface area (Å²) in [6.07, 6.45) is -4.92. The molecule has 2 N–H and O–H groups in total. The second-order valence-electron chi connectivity index (χ2n) is 2.35. The molecule has 0 bridgehead atoms. The van der Waals surface area contributed by atoms with E-state index in [0.717, 1.165) is 12.1 Å². The van der Waals surface area contributed by atoms with E-state index in [9.17, 15) is 17.6 Å². The van der Waals surface area contributed by atoms with Gasteiger partial charge in [-0.05, 0) is 22.0 Å². The van der Waals surface area contributed by atoms with Crippen molar-refractivity contribution in [1.29, 1.82) is 0 Å². The molecule has 0 atom stereocenters. The van der Waals surface area contributed by atoms with Gasteiger partial charge in [-0.15, -0.1) is 13.2 Å². The molecule has 0 saturated carbocycles. The topological polar surface area (TPSA) is 35.2 Å². The molecule has 0 aliphatic heterocycles. The summed E-state index contributed by atoms with van der Waals surface area (Å²) in [6, 6.07) is 1.56. The van der Waals surface area contributed by atoms with Crippen molar-refractivity contribution >= 4 is 21.6 Å². The molecule has 1 aromatic rings. The van der Waals surface area contributed by atoms with E-state index in [1.54, 1.807) is 0 Å². The third kappa shape index (κ3) is 2.76. The first-order chi connectivity index (χ1) is 6.29. The van der Waals surface area contributed by atoms with Gasteiger partial charge in [0.1, 0.15) is 0 Å². The minimum absolute atomic E-state index is 0.00276. The number of halogens is 5. The highest BCUT2D eigenvalue weighted by molar-refractivity contribution is 9.10. The van der Waals surface area contributed by atoms with Crippen LogP contribution in [-0.2, 0) is 0 Å². The van der Waals surface area contributed by atoms with Crippen molar-refractivity contribution in [2.75, 3.05) is 5.73 Å². The van der Waals surface area contributed by atoms with Gasteiger partial charge in [0.05, 0.1) is 0 Å². The Labute approximate surface area is 84.8 Å². The Balaban J connectivity index is 3.04. The highest BCUT2D eigenvalue weighted by Gasteiger charge is 2.32. The Morgan fingerprint density at radius 2 is 1.86 bits per heavy atom. The van der Waals surface area contributed by atoms with E-state index in [1.165, 1.54) is 0 Å². The number of anilines is 1. The molecule has 0 amide bonds. The molecule has 0 aromatic heterocycles. The van der Waals surface area contributed by atoms with E-state index in [4.69, 9.17) is 5.73 Å². The van der Waals surface area contributed by atoms with Crippen molar-refractivity contribution in [3.63, 3.8) is 0 Å². The van der Waals surface area contributed by atoms with E-state index in [0.29, 0.717) is 0 Å². The number of nitrogen functional groups attached to an aromatic ring is 1. The monoisotopic (exact) mass is 273 g/mol. The molecule has 2 nitrogen and oxygen atoms in total. The standard InChI is InChI=1S/C7H4BrF4NO/c8-3-1-6(14-7(10,11)12)4(9)2-5(3)13/h1-2H,13H2. The van der Waals surface area contributed by atoms with Crippen LogP contribution < -0.4 is 10.5 Å². The number of benzene rings is 1.